The summed E-state index contributed by atoms with van der Waals surface area (Å²) in [5.41, 5.74) is 0.736. The highest BCUT2D eigenvalue weighted by molar-refractivity contribution is 5.84. The van der Waals surface area contributed by atoms with Gasteiger partial charge in [-0.1, -0.05) is 32.8 Å². The van der Waals surface area contributed by atoms with E-state index in [0.29, 0.717) is 23.3 Å². The summed E-state index contributed by atoms with van der Waals surface area (Å²) >= 11 is 0. The van der Waals surface area contributed by atoms with Crippen LogP contribution in [0.5, 0.6) is 11.5 Å². The molecule has 6 heteroatoms. The van der Waals surface area contributed by atoms with E-state index in [2.05, 4.69) is 19.2 Å². The first-order valence-corrected chi connectivity index (χ1v) is 9.56. The molecule has 0 radical (unpaired) electrons. The summed E-state index contributed by atoms with van der Waals surface area (Å²) in [5.74, 6) is 1.48. The number of amides is 1. The van der Waals surface area contributed by atoms with Crippen LogP contribution < -0.4 is 14.8 Å². The third-order valence-corrected chi connectivity index (χ3v) is 5.51. The lowest BCUT2D eigenvalue weighted by Gasteiger charge is -2.35. The summed E-state index contributed by atoms with van der Waals surface area (Å²) < 4.78 is 15.8. The smallest absolute Gasteiger partial charge is 0.311 e. The van der Waals surface area contributed by atoms with Crippen molar-refractivity contribution in [1.82, 2.24) is 5.32 Å². The average Bonchev–Trinajstić information content (AvgIpc) is 2.65. The van der Waals surface area contributed by atoms with Crippen molar-refractivity contribution in [1.29, 1.82) is 0 Å². The fraction of sp³-hybridized carbons (Fsp3) is 0.619. The first-order chi connectivity index (χ1) is 12.8. The van der Waals surface area contributed by atoms with Gasteiger partial charge in [-0.05, 0) is 42.9 Å². The molecule has 1 fully saturated rings. The van der Waals surface area contributed by atoms with Crippen molar-refractivity contribution in [3.8, 4) is 11.5 Å². The zero-order valence-electron chi connectivity index (χ0n) is 16.9. The van der Waals surface area contributed by atoms with E-state index in [0.717, 1.165) is 18.4 Å². The maximum absolute atomic E-state index is 12.4. The number of rotatable bonds is 7. The number of methoxy groups -OCH3 is 2. The van der Waals surface area contributed by atoms with Gasteiger partial charge < -0.3 is 19.5 Å². The quantitative estimate of drug-likeness (QED) is 0.739. The highest BCUT2D eigenvalue weighted by atomic mass is 16.5. The molecule has 1 N–H and O–H groups in total. The van der Waals surface area contributed by atoms with E-state index in [1.165, 1.54) is 6.42 Å². The maximum Gasteiger partial charge on any atom is 0.311 e. The molecule has 1 aromatic carbocycles. The minimum atomic E-state index is -0.818. The molecule has 0 aliphatic heterocycles. The average molecular weight is 377 g/mol. The van der Waals surface area contributed by atoms with Gasteiger partial charge in [0.05, 0.1) is 20.6 Å². The van der Waals surface area contributed by atoms with Crippen molar-refractivity contribution in [2.75, 3.05) is 14.2 Å². The lowest BCUT2D eigenvalue weighted by Crippen LogP contribution is -2.47. The van der Waals surface area contributed by atoms with E-state index in [-0.39, 0.29) is 18.4 Å². The number of hydrogen-bond donors (Lipinski definition) is 1. The Labute approximate surface area is 161 Å². The van der Waals surface area contributed by atoms with Crippen molar-refractivity contribution >= 4 is 11.9 Å². The molecule has 0 aromatic heterocycles. The largest absolute Gasteiger partial charge is 0.493 e. The molecule has 0 spiro atoms. The molecule has 0 unspecified atom stereocenters. The molecule has 27 heavy (non-hydrogen) atoms. The zero-order valence-corrected chi connectivity index (χ0v) is 16.9. The van der Waals surface area contributed by atoms with Crippen LogP contribution in [0.2, 0.25) is 0 Å². The summed E-state index contributed by atoms with van der Waals surface area (Å²) in [6.45, 7) is 6.00. The van der Waals surface area contributed by atoms with Crippen LogP contribution in [0.25, 0.3) is 0 Å². The van der Waals surface area contributed by atoms with Crippen LogP contribution in [0.15, 0.2) is 18.2 Å². The maximum atomic E-state index is 12.4. The van der Waals surface area contributed by atoms with E-state index in [9.17, 15) is 9.59 Å². The van der Waals surface area contributed by atoms with Gasteiger partial charge in [-0.3, -0.25) is 9.59 Å². The van der Waals surface area contributed by atoms with Crippen LogP contribution in [0.1, 0.15) is 45.6 Å². The number of carbonyl (C=O) groups is 2. The van der Waals surface area contributed by atoms with Gasteiger partial charge in [0, 0.05) is 6.04 Å². The molecule has 1 aliphatic rings. The van der Waals surface area contributed by atoms with Gasteiger partial charge in [-0.2, -0.15) is 0 Å². The highest BCUT2D eigenvalue weighted by Crippen LogP contribution is 2.30. The lowest BCUT2D eigenvalue weighted by atomic mass is 9.78. The van der Waals surface area contributed by atoms with E-state index < -0.39 is 12.1 Å². The van der Waals surface area contributed by atoms with Gasteiger partial charge >= 0.3 is 5.97 Å². The minimum Gasteiger partial charge on any atom is -0.493 e. The normalized spacial score (nSPS) is 23.2. The number of carbonyl (C=O) groups excluding carboxylic acids is 2. The van der Waals surface area contributed by atoms with E-state index >= 15 is 0 Å². The Morgan fingerprint density at radius 3 is 2.52 bits per heavy atom. The molecule has 150 valence electrons. The molecule has 2 rings (SSSR count). The van der Waals surface area contributed by atoms with Crippen molar-refractivity contribution < 1.29 is 23.8 Å². The van der Waals surface area contributed by atoms with E-state index in [4.69, 9.17) is 14.2 Å². The summed E-state index contributed by atoms with van der Waals surface area (Å²) in [5, 5.41) is 3.05. The third kappa shape index (κ3) is 5.62. The van der Waals surface area contributed by atoms with Crippen LogP contribution in [0, 0.1) is 11.8 Å². The molecule has 1 aliphatic carbocycles. The molecular formula is C21H31NO5. The number of ether oxygens (including phenoxy) is 3. The Morgan fingerprint density at radius 2 is 1.85 bits per heavy atom. The van der Waals surface area contributed by atoms with Crippen LogP contribution in [0.3, 0.4) is 0 Å². The second-order valence-corrected chi connectivity index (χ2v) is 7.38. The topological polar surface area (TPSA) is 73.9 Å². The van der Waals surface area contributed by atoms with E-state index in [1.54, 1.807) is 39.3 Å². The molecule has 1 saturated carbocycles. The summed E-state index contributed by atoms with van der Waals surface area (Å²) in [7, 11) is 3.10. The second-order valence-electron chi connectivity index (χ2n) is 7.38. The fourth-order valence-electron chi connectivity index (χ4n) is 3.54. The van der Waals surface area contributed by atoms with E-state index in [1.807, 2.05) is 0 Å². The molecule has 0 bridgehead atoms. The highest BCUT2D eigenvalue weighted by Gasteiger charge is 2.30. The Hall–Kier alpha value is -2.24. The Balaban J connectivity index is 1.88. The molecule has 1 aromatic rings. The number of benzene rings is 1. The van der Waals surface area contributed by atoms with Crippen LogP contribution in [0.4, 0.5) is 0 Å². The van der Waals surface area contributed by atoms with Gasteiger partial charge in [0.1, 0.15) is 0 Å². The Bertz CT molecular complexity index is 660. The lowest BCUT2D eigenvalue weighted by molar-refractivity contribution is -0.154. The fourth-order valence-corrected chi connectivity index (χ4v) is 3.54. The second kappa shape index (κ2) is 9.62. The van der Waals surface area contributed by atoms with Gasteiger partial charge in [-0.25, -0.2) is 0 Å². The van der Waals surface area contributed by atoms with Crippen molar-refractivity contribution in [2.24, 2.45) is 11.8 Å². The van der Waals surface area contributed by atoms with Crippen LogP contribution >= 0.6 is 0 Å². The zero-order chi connectivity index (χ0) is 20.0. The van der Waals surface area contributed by atoms with Gasteiger partial charge in [-0.15, -0.1) is 0 Å². The van der Waals surface area contributed by atoms with Crippen molar-refractivity contribution in [3.63, 3.8) is 0 Å². The summed E-state index contributed by atoms with van der Waals surface area (Å²) in [6.07, 6.45) is 2.54. The SMILES string of the molecule is COc1ccc(CC(=O)O[C@H](C)C(=O)N[C@@H]2CCC[C@H](C)[C@H]2C)cc1OC. The number of nitrogens with one attached hydrogen (secondary N) is 1. The predicted molar refractivity (Wildman–Crippen MR) is 103 cm³/mol. The molecule has 0 saturated heterocycles. The first kappa shape index (κ1) is 21.1. The molecular weight excluding hydrogens is 346 g/mol. The first-order valence-electron chi connectivity index (χ1n) is 9.56. The van der Waals surface area contributed by atoms with Crippen molar-refractivity contribution in [3.05, 3.63) is 23.8 Å². The summed E-state index contributed by atoms with van der Waals surface area (Å²) in [6, 6.07) is 5.39. The monoisotopic (exact) mass is 377 g/mol. The van der Waals surface area contributed by atoms with Crippen LogP contribution in [-0.4, -0.2) is 38.2 Å². The van der Waals surface area contributed by atoms with Gasteiger partial charge in [0.15, 0.2) is 17.6 Å². The van der Waals surface area contributed by atoms with Gasteiger partial charge in [0.2, 0.25) is 0 Å². The number of hydrogen-bond acceptors (Lipinski definition) is 5. The Kier molecular flexibility index (Phi) is 7.51. The standard InChI is InChI=1S/C21H31NO5/c1-13-7-6-8-17(14(13)2)22-21(24)15(3)27-20(23)12-16-9-10-18(25-4)19(11-16)26-5/h9-11,13-15,17H,6-8,12H2,1-5H3,(H,22,24)/t13-,14+,15+,17+/m0/s1. The number of esters is 1. The van der Waals surface area contributed by atoms with Crippen molar-refractivity contribution in [2.45, 2.75) is 58.6 Å². The minimum absolute atomic E-state index is 0.0643. The predicted octanol–water partition coefficient (Wildman–Crippen LogP) is 3.12. The molecule has 6 nitrogen and oxygen atoms in total. The molecule has 4 atom stereocenters. The van der Waals surface area contributed by atoms with Crippen LogP contribution in [-0.2, 0) is 20.7 Å². The molecule has 1 amide bonds. The molecule has 0 heterocycles. The van der Waals surface area contributed by atoms with Gasteiger partial charge in [0.25, 0.3) is 5.91 Å². The summed E-state index contributed by atoms with van der Waals surface area (Å²) in [4.78, 5) is 24.6. The Morgan fingerprint density at radius 1 is 1.15 bits per heavy atom. The third-order valence-electron chi connectivity index (χ3n) is 5.51.